The van der Waals surface area contributed by atoms with Crippen LogP contribution in [0.4, 0.5) is 11.4 Å². The third-order valence-electron chi connectivity index (χ3n) is 4.90. The van der Waals surface area contributed by atoms with Crippen molar-refractivity contribution in [2.24, 2.45) is 0 Å². The summed E-state index contributed by atoms with van der Waals surface area (Å²) in [7, 11) is 0. The van der Waals surface area contributed by atoms with Gasteiger partial charge in [0.25, 0.3) is 11.8 Å². The predicted molar refractivity (Wildman–Crippen MR) is 110 cm³/mol. The Bertz CT molecular complexity index is 1060. The number of nitrogens with one attached hydrogen (secondary N) is 1. The van der Waals surface area contributed by atoms with Gasteiger partial charge < -0.3 is 10.2 Å². The predicted octanol–water partition coefficient (Wildman–Crippen LogP) is 4.23. The smallest absolute Gasteiger partial charge is 0.277 e. The van der Waals surface area contributed by atoms with Crippen LogP contribution in [0.1, 0.15) is 39.0 Å². The first-order chi connectivity index (χ1) is 13.5. The van der Waals surface area contributed by atoms with E-state index in [4.69, 9.17) is 0 Å². The molecule has 0 bridgehead atoms. The highest BCUT2D eigenvalue weighted by molar-refractivity contribution is 6.08. The van der Waals surface area contributed by atoms with Gasteiger partial charge in [-0.05, 0) is 61.7 Å². The summed E-state index contributed by atoms with van der Waals surface area (Å²) in [5.41, 5.74) is 4.29. The van der Waals surface area contributed by atoms with Crippen molar-refractivity contribution in [3.8, 4) is 0 Å². The van der Waals surface area contributed by atoms with E-state index >= 15 is 0 Å². The second-order valence-electron chi connectivity index (χ2n) is 7.09. The zero-order valence-electron chi connectivity index (χ0n) is 15.8. The van der Waals surface area contributed by atoms with Crippen molar-refractivity contribution in [3.63, 3.8) is 0 Å². The molecule has 0 aliphatic carbocycles. The molecule has 0 spiro atoms. The van der Waals surface area contributed by atoms with E-state index in [1.54, 1.807) is 23.1 Å². The molecule has 5 heteroatoms. The van der Waals surface area contributed by atoms with Gasteiger partial charge in [-0.3, -0.25) is 9.59 Å². The summed E-state index contributed by atoms with van der Waals surface area (Å²) < 4.78 is 0. The maximum atomic E-state index is 13.1. The summed E-state index contributed by atoms with van der Waals surface area (Å²) in [5.74, 6) is -0.530. The lowest BCUT2D eigenvalue weighted by atomic mass is 10.1. The van der Waals surface area contributed by atoms with Gasteiger partial charge in [0.15, 0.2) is 0 Å². The molecule has 0 radical (unpaired) electrons. The largest absolute Gasteiger partial charge is 0.321 e. The first-order valence-electron chi connectivity index (χ1n) is 9.29. The molecule has 0 saturated heterocycles. The van der Waals surface area contributed by atoms with Crippen molar-refractivity contribution in [1.82, 2.24) is 4.98 Å². The third-order valence-corrected chi connectivity index (χ3v) is 4.90. The summed E-state index contributed by atoms with van der Waals surface area (Å²) in [5, 5.41) is 2.83. The van der Waals surface area contributed by atoms with E-state index in [1.807, 2.05) is 62.4 Å². The van der Waals surface area contributed by atoms with Gasteiger partial charge in [0, 0.05) is 17.4 Å². The molecule has 1 aromatic heterocycles. The van der Waals surface area contributed by atoms with Crippen LogP contribution >= 0.6 is 0 Å². The van der Waals surface area contributed by atoms with Crippen LogP contribution in [0.5, 0.6) is 0 Å². The molecule has 2 aromatic carbocycles. The fourth-order valence-corrected chi connectivity index (χ4v) is 3.60. The van der Waals surface area contributed by atoms with Gasteiger partial charge in [0.1, 0.15) is 11.4 Å². The standard InChI is InChI=1S/C23H21N3O2/c1-15-7-5-9-18(13-15)24-22(27)19-10-6-11-20(25-19)23(28)26-16(2)14-17-8-3-4-12-21(17)26/h3-13,16H,14H2,1-2H3,(H,24,27). The fraction of sp³-hybridized carbons (Fsp3) is 0.174. The maximum Gasteiger partial charge on any atom is 0.277 e. The molecule has 5 nitrogen and oxygen atoms in total. The topological polar surface area (TPSA) is 62.3 Å². The van der Waals surface area contributed by atoms with E-state index < -0.39 is 0 Å². The first-order valence-corrected chi connectivity index (χ1v) is 9.29. The Morgan fingerprint density at radius 3 is 2.57 bits per heavy atom. The Hall–Kier alpha value is -3.47. The summed E-state index contributed by atoms with van der Waals surface area (Å²) in [4.78, 5) is 31.8. The number of hydrogen-bond acceptors (Lipinski definition) is 3. The number of pyridine rings is 1. The Morgan fingerprint density at radius 1 is 1.00 bits per heavy atom. The maximum absolute atomic E-state index is 13.1. The lowest BCUT2D eigenvalue weighted by Gasteiger charge is -2.22. The highest BCUT2D eigenvalue weighted by Gasteiger charge is 2.32. The van der Waals surface area contributed by atoms with Crippen LogP contribution < -0.4 is 10.2 Å². The van der Waals surface area contributed by atoms with Gasteiger partial charge in [0.05, 0.1) is 0 Å². The molecule has 4 rings (SSSR count). The average Bonchev–Trinajstić information content (AvgIpc) is 3.03. The van der Waals surface area contributed by atoms with Crippen LogP contribution in [0.25, 0.3) is 0 Å². The minimum absolute atomic E-state index is 0.0523. The lowest BCUT2D eigenvalue weighted by Crippen LogP contribution is -2.36. The molecule has 0 fully saturated rings. The Morgan fingerprint density at radius 2 is 1.75 bits per heavy atom. The van der Waals surface area contributed by atoms with Crippen molar-refractivity contribution in [2.75, 3.05) is 10.2 Å². The molecule has 1 aliphatic heterocycles. The van der Waals surface area contributed by atoms with Crippen molar-refractivity contribution < 1.29 is 9.59 Å². The zero-order valence-corrected chi connectivity index (χ0v) is 15.8. The monoisotopic (exact) mass is 371 g/mol. The van der Waals surface area contributed by atoms with Crippen molar-refractivity contribution in [1.29, 1.82) is 0 Å². The molecule has 3 aromatic rings. The van der Waals surface area contributed by atoms with Crippen LogP contribution in [0, 0.1) is 6.92 Å². The van der Waals surface area contributed by atoms with Crippen LogP contribution in [-0.4, -0.2) is 22.8 Å². The third kappa shape index (κ3) is 3.39. The average molecular weight is 371 g/mol. The second kappa shape index (κ2) is 7.27. The van der Waals surface area contributed by atoms with Gasteiger partial charge in [-0.2, -0.15) is 0 Å². The normalized spacial score (nSPS) is 15.2. The Balaban J connectivity index is 1.58. The van der Waals surface area contributed by atoms with E-state index in [-0.39, 0.29) is 29.2 Å². The van der Waals surface area contributed by atoms with Gasteiger partial charge in [-0.15, -0.1) is 0 Å². The summed E-state index contributed by atoms with van der Waals surface area (Å²) in [6.45, 7) is 3.98. The quantitative estimate of drug-likeness (QED) is 0.749. The number of para-hydroxylation sites is 1. The molecule has 1 N–H and O–H groups in total. The SMILES string of the molecule is Cc1cccc(NC(=O)c2cccc(C(=O)N3c4ccccc4CC3C)n2)c1. The van der Waals surface area contributed by atoms with Crippen molar-refractivity contribution in [2.45, 2.75) is 26.3 Å². The van der Waals surface area contributed by atoms with E-state index in [1.165, 1.54) is 0 Å². The van der Waals surface area contributed by atoms with Crippen LogP contribution in [0.3, 0.4) is 0 Å². The molecule has 2 amide bonds. The van der Waals surface area contributed by atoms with E-state index in [2.05, 4.69) is 10.3 Å². The van der Waals surface area contributed by atoms with Crippen LogP contribution in [-0.2, 0) is 6.42 Å². The Kier molecular flexibility index (Phi) is 4.65. The number of benzene rings is 2. The molecular weight excluding hydrogens is 350 g/mol. The van der Waals surface area contributed by atoms with Crippen molar-refractivity contribution >= 4 is 23.2 Å². The fourth-order valence-electron chi connectivity index (χ4n) is 3.60. The second-order valence-corrected chi connectivity index (χ2v) is 7.09. The number of aryl methyl sites for hydroxylation is 1. The van der Waals surface area contributed by atoms with Crippen molar-refractivity contribution in [3.05, 3.63) is 89.2 Å². The Labute approximate surface area is 164 Å². The molecule has 0 saturated carbocycles. The van der Waals surface area contributed by atoms with Crippen LogP contribution in [0.2, 0.25) is 0 Å². The summed E-state index contributed by atoms with van der Waals surface area (Å²) in [6.07, 6.45) is 0.815. The lowest BCUT2D eigenvalue weighted by molar-refractivity contribution is 0.0976. The number of fused-ring (bicyclic) bond motifs is 1. The van der Waals surface area contributed by atoms with E-state index in [0.29, 0.717) is 5.69 Å². The highest BCUT2D eigenvalue weighted by Crippen LogP contribution is 2.32. The number of aromatic nitrogens is 1. The number of nitrogens with zero attached hydrogens (tertiary/aromatic N) is 2. The van der Waals surface area contributed by atoms with Gasteiger partial charge in [0.2, 0.25) is 0 Å². The summed E-state index contributed by atoms with van der Waals surface area (Å²) >= 11 is 0. The van der Waals surface area contributed by atoms with Gasteiger partial charge >= 0.3 is 0 Å². The molecule has 28 heavy (non-hydrogen) atoms. The van der Waals surface area contributed by atoms with E-state index in [0.717, 1.165) is 23.2 Å². The number of carbonyl (C=O) groups excluding carboxylic acids is 2. The number of rotatable bonds is 3. The van der Waals surface area contributed by atoms with E-state index in [9.17, 15) is 9.59 Å². The minimum Gasteiger partial charge on any atom is -0.321 e. The number of hydrogen-bond donors (Lipinski definition) is 1. The molecule has 1 unspecified atom stereocenters. The molecule has 1 aliphatic rings. The summed E-state index contributed by atoms with van der Waals surface area (Å²) in [6, 6.07) is 20.5. The number of carbonyl (C=O) groups is 2. The minimum atomic E-state index is -0.338. The molecule has 140 valence electrons. The molecule has 1 atom stereocenters. The van der Waals surface area contributed by atoms with Gasteiger partial charge in [-0.1, -0.05) is 36.4 Å². The number of anilines is 2. The zero-order chi connectivity index (χ0) is 19.7. The number of amides is 2. The highest BCUT2D eigenvalue weighted by atomic mass is 16.2. The first kappa shape index (κ1) is 17.9. The van der Waals surface area contributed by atoms with Crippen LogP contribution in [0.15, 0.2) is 66.7 Å². The molecule has 2 heterocycles. The van der Waals surface area contributed by atoms with Gasteiger partial charge in [-0.25, -0.2) is 4.98 Å². The molecular formula is C23H21N3O2.